The number of hydrogen-bond donors (Lipinski definition) is 0. The summed E-state index contributed by atoms with van der Waals surface area (Å²) in [7, 11) is 0. The van der Waals surface area contributed by atoms with Crippen molar-refractivity contribution < 1.29 is 14.3 Å². The number of carbonyl (C=O) groups is 2. The van der Waals surface area contributed by atoms with Crippen molar-refractivity contribution >= 4 is 11.9 Å². The highest BCUT2D eigenvalue weighted by Gasteiger charge is 2.46. The Morgan fingerprint density at radius 3 is 2.65 bits per heavy atom. The van der Waals surface area contributed by atoms with E-state index in [2.05, 4.69) is 0 Å². The van der Waals surface area contributed by atoms with Crippen molar-refractivity contribution in [1.82, 2.24) is 4.90 Å². The first kappa shape index (κ1) is 13.9. The fourth-order valence-electron chi connectivity index (χ4n) is 4.44. The van der Waals surface area contributed by atoms with E-state index in [1.165, 1.54) is 19.3 Å². The van der Waals surface area contributed by atoms with Crippen molar-refractivity contribution in [2.75, 3.05) is 13.2 Å². The number of carbonyl (C=O) groups excluding carboxylic acids is 2. The molecule has 2 saturated carbocycles. The molecule has 4 heteroatoms. The summed E-state index contributed by atoms with van der Waals surface area (Å²) in [5, 5.41) is 0. The monoisotopic (exact) mass is 279 g/mol. The van der Waals surface area contributed by atoms with Gasteiger partial charge in [-0.2, -0.15) is 0 Å². The maximum absolute atomic E-state index is 12.8. The largest absolute Gasteiger partial charge is 0.464 e. The van der Waals surface area contributed by atoms with Crippen LogP contribution in [0, 0.1) is 17.8 Å². The summed E-state index contributed by atoms with van der Waals surface area (Å²) in [5.41, 5.74) is 0. The van der Waals surface area contributed by atoms with E-state index in [0.717, 1.165) is 38.1 Å². The van der Waals surface area contributed by atoms with Gasteiger partial charge >= 0.3 is 5.97 Å². The van der Waals surface area contributed by atoms with E-state index >= 15 is 0 Å². The third-order valence-corrected chi connectivity index (χ3v) is 5.40. The molecule has 0 spiro atoms. The van der Waals surface area contributed by atoms with Gasteiger partial charge in [-0.3, -0.25) is 4.79 Å². The van der Waals surface area contributed by atoms with Crippen molar-refractivity contribution in [2.24, 2.45) is 17.8 Å². The van der Waals surface area contributed by atoms with Crippen LogP contribution in [0.2, 0.25) is 0 Å². The summed E-state index contributed by atoms with van der Waals surface area (Å²) in [6, 6.07) is -0.324. The van der Waals surface area contributed by atoms with Crippen LogP contribution >= 0.6 is 0 Å². The fraction of sp³-hybridized carbons (Fsp3) is 0.875. The minimum Gasteiger partial charge on any atom is -0.464 e. The Labute approximate surface area is 120 Å². The van der Waals surface area contributed by atoms with E-state index in [9.17, 15) is 9.59 Å². The minimum absolute atomic E-state index is 0.184. The lowest BCUT2D eigenvalue weighted by molar-refractivity contribution is -0.158. The molecule has 4 atom stereocenters. The number of hydrogen-bond acceptors (Lipinski definition) is 3. The van der Waals surface area contributed by atoms with Gasteiger partial charge in [0.2, 0.25) is 5.91 Å². The number of ether oxygens (including phenoxy) is 1. The molecule has 1 saturated heterocycles. The number of amides is 1. The number of esters is 1. The molecule has 0 aromatic carbocycles. The normalized spacial score (nSPS) is 36.1. The molecule has 1 aliphatic heterocycles. The second kappa shape index (κ2) is 5.74. The van der Waals surface area contributed by atoms with Gasteiger partial charge in [0, 0.05) is 12.5 Å². The summed E-state index contributed by atoms with van der Waals surface area (Å²) in [5.74, 6) is 1.56. The number of fused-ring (bicyclic) bond motifs is 2. The van der Waals surface area contributed by atoms with Crippen LogP contribution in [0.1, 0.15) is 51.9 Å². The van der Waals surface area contributed by atoms with Gasteiger partial charge in [-0.25, -0.2) is 4.79 Å². The number of likely N-dealkylation sites (tertiary alicyclic amines) is 1. The zero-order valence-corrected chi connectivity index (χ0v) is 12.3. The van der Waals surface area contributed by atoms with E-state index < -0.39 is 0 Å². The van der Waals surface area contributed by atoms with Crippen molar-refractivity contribution in [3.05, 3.63) is 0 Å². The van der Waals surface area contributed by atoms with E-state index in [4.69, 9.17) is 4.74 Å². The van der Waals surface area contributed by atoms with Crippen molar-refractivity contribution in [3.8, 4) is 0 Å². The van der Waals surface area contributed by atoms with Gasteiger partial charge in [0.1, 0.15) is 6.04 Å². The van der Waals surface area contributed by atoms with Gasteiger partial charge in [-0.15, -0.1) is 0 Å². The minimum atomic E-state index is -0.324. The van der Waals surface area contributed by atoms with Gasteiger partial charge in [-0.05, 0) is 57.3 Å². The molecule has 0 aromatic heterocycles. The number of nitrogens with zero attached hydrogens (tertiary/aromatic N) is 1. The van der Waals surface area contributed by atoms with Crippen molar-refractivity contribution in [2.45, 2.75) is 57.9 Å². The zero-order valence-electron chi connectivity index (χ0n) is 12.3. The first-order valence-electron chi connectivity index (χ1n) is 8.17. The molecule has 2 bridgehead atoms. The molecular weight excluding hydrogens is 254 g/mol. The van der Waals surface area contributed by atoms with E-state index in [0.29, 0.717) is 12.5 Å². The Balaban J connectivity index is 1.69. The second-order valence-electron chi connectivity index (χ2n) is 6.58. The zero-order chi connectivity index (χ0) is 14.1. The molecule has 112 valence electrons. The molecule has 0 aromatic rings. The van der Waals surface area contributed by atoms with Crippen LogP contribution in [0.3, 0.4) is 0 Å². The van der Waals surface area contributed by atoms with Gasteiger partial charge in [-0.1, -0.05) is 6.42 Å². The summed E-state index contributed by atoms with van der Waals surface area (Å²) >= 11 is 0. The average molecular weight is 279 g/mol. The molecule has 1 heterocycles. The van der Waals surface area contributed by atoms with Crippen molar-refractivity contribution in [3.63, 3.8) is 0 Å². The van der Waals surface area contributed by atoms with E-state index in [-0.39, 0.29) is 23.8 Å². The molecule has 0 N–H and O–H groups in total. The lowest BCUT2D eigenvalue weighted by Gasteiger charge is -2.37. The van der Waals surface area contributed by atoms with Crippen LogP contribution in [0.15, 0.2) is 0 Å². The lowest BCUT2D eigenvalue weighted by atomic mass is 9.86. The molecule has 3 aliphatic rings. The first-order chi connectivity index (χ1) is 9.70. The van der Waals surface area contributed by atoms with Crippen LogP contribution in [0.4, 0.5) is 0 Å². The van der Waals surface area contributed by atoms with Gasteiger partial charge in [0.15, 0.2) is 0 Å². The van der Waals surface area contributed by atoms with E-state index in [1.54, 1.807) is 0 Å². The summed E-state index contributed by atoms with van der Waals surface area (Å²) < 4.78 is 5.15. The Kier molecular flexibility index (Phi) is 3.99. The molecule has 4 nitrogen and oxygen atoms in total. The summed E-state index contributed by atoms with van der Waals surface area (Å²) in [4.78, 5) is 26.7. The lowest BCUT2D eigenvalue weighted by Crippen LogP contribution is -2.51. The Hall–Kier alpha value is -1.06. The molecule has 0 radical (unpaired) electrons. The SMILES string of the molecule is CCOC(=O)C1CCCCN1C(=O)C1CC2CCC1C2. The van der Waals surface area contributed by atoms with Crippen LogP contribution < -0.4 is 0 Å². The van der Waals surface area contributed by atoms with Crippen LogP contribution in [-0.2, 0) is 14.3 Å². The Morgan fingerprint density at radius 2 is 2.00 bits per heavy atom. The molecule has 2 aliphatic carbocycles. The summed E-state index contributed by atoms with van der Waals surface area (Å²) in [6.45, 7) is 2.95. The highest BCUT2D eigenvalue weighted by molar-refractivity contribution is 5.86. The van der Waals surface area contributed by atoms with Gasteiger partial charge in [0.25, 0.3) is 0 Å². The van der Waals surface area contributed by atoms with Crippen LogP contribution in [0.5, 0.6) is 0 Å². The maximum Gasteiger partial charge on any atom is 0.328 e. The number of piperidine rings is 1. The predicted octanol–water partition coefficient (Wildman–Crippen LogP) is 2.37. The molecule has 3 fully saturated rings. The quantitative estimate of drug-likeness (QED) is 0.745. The smallest absolute Gasteiger partial charge is 0.328 e. The highest BCUT2D eigenvalue weighted by atomic mass is 16.5. The molecule has 3 rings (SSSR count). The standard InChI is InChI=1S/C16H25NO3/c1-2-20-16(19)14-5-3-4-8-17(14)15(18)13-10-11-6-7-12(13)9-11/h11-14H,2-10H2,1H3. The Morgan fingerprint density at radius 1 is 1.15 bits per heavy atom. The van der Waals surface area contributed by atoms with Crippen LogP contribution in [-0.4, -0.2) is 36.0 Å². The summed E-state index contributed by atoms with van der Waals surface area (Å²) in [6.07, 6.45) is 7.59. The average Bonchev–Trinajstić information content (AvgIpc) is 3.09. The predicted molar refractivity (Wildman–Crippen MR) is 74.9 cm³/mol. The second-order valence-corrected chi connectivity index (χ2v) is 6.58. The topological polar surface area (TPSA) is 46.6 Å². The molecule has 1 amide bonds. The highest BCUT2D eigenvalue weighted by Crippen LogP contribution is 2.49. The third-order valence-electron chi connectivity index (χ3n) is 5.40. The maximum atomic E-state index is 12.8. The van der Waals surface area contributed by atoms with E-state index in [1.807, 2.05) is 11.8 Å². The van der Waals surface area contributed by atoms with Gasteiger partial charge < -0.3 is 9.64 Å². The van der Waals surface area contributed by atoms with Crippen molar-refractivity contribution in [1.29, 1.82) is 0 Å². The fourth-order valence-corrected chi connectivity index (χ4v) is 4.44. The van der Waals surface area contributed by atoms with Crippen LogP contribution in [0.25, 0.3) is 0 Å². The Bertz CT molecular complexity index is 395. The third kappa shape index (κ3) is 2.45. The molecule has 20 heavy (non-hydrogen) atoms. The van der Waals surface area contributed by atoms with Gasteiger partial charge in [0.05, 0.1) is 6.61 Å². The first-order valence-corrected chi connectivity index (χ1v) is 8.17. The molecule has 4 unspecified atom stereocenters. The number of rotatable bonds is 3. The molecular formula is C16H25NO3.